The molecule has 3 rings (SSSR count). The molecule has 0 unspecified atom stereocenters. The summed E-state index contributed by atoms with van der Waals surface area (Å²) in [6.07, 6.45) is 2.80. The molecule has 1 aliphatic rings. The molecule has 0 radical (unpaired) electrons. The highest BCUT2D eigenvalue weighted by Gasteiger charge is 2.51. The molecule has 0 saturated heterocycles. The second kappa shape index (κ2) is 5.76. The average molecular weight is 317 g/mol. The number of thiophene rings is 1. The zero-order valence-electron chi connectivity index (χ0n) is 12.0. The maximum Gasteiger partial charge on any atom is 0.262 e. The van der Waals surface area contributed by atoms with Crippen LogP contribution in [-0.2, 0) is 4.79 Å². The number of carbonyl (C=O) groups is 2. The van der Waals surface area contributed by atoms with Gasteiger partial charge in [0, 0.05) is 6.07 Å². The Morgan fingerprint density at radius 3 is 2.68 bits per heavy atom. The summed E-state index contributed by atoms with van der Waals surface area (Å²) >= 11 is 1.35. The van der Waals surface area contributed by atoms with Gasteiger partial charge in [-0.1, -0.05) is 6.07 Å². The number of ether oxygens (including phenoxy) is 1. The van der Waals surface area contributed by atoms with E-state index in [0.717, 1.165) is 0 Å². The number of pyridine rings is 1. The number of amides is 2. The van der Waals surface area contributed by atoms with Crippen LogP contribution >= 0.6 is 11.3 Å². The summed E-state index contributed by atoms with van der Waals surface area (Å²) in [7, 11) is 1.53. The number of nitrogens with zero attached hydrogens (tertiary/aromatic N) is 1. The van der Waals surface area contributed by atoms with Crippen molar-refractivity contribution in [2.24, 2.45) is 0 Å². The molecule has 1 fully saturated rings. The maximum absolute atomic E-state index is 12.4. The number of hydrogen-bond acceptors (Lipinski definition) is 5. The van der Waals surface area contributed by atoms with E-state index in [1.165, 1.54) is 24.6 Å². The predicted molar refractivity (Wildman–Crippen MR) is 83.2 cm³/mol. The fourth-order valence-electron chi connectivity index (χ4n) is 2.05. The van der Waals surface area contributed by atoms with Gasteiger partial charge in [-0.05, 0) is 30.4 Å². The van der Waals surface area contributed by atoms with Crippen molar-refractivity contribution in [3.8, 4) is 5.88 Å². The van der Waals surface area contributed by atoms with Crippen LogP contribution in [0.25, 0.3) is 0 Å². The monoisotopic (exact) mass is 317 g/mol. The van der Waals surface area contributed by atoms with Crippen LogP contribution in [0.15, 0.2) is 35.8 Å². The summed E-state index contributed by atoms with van der Waals surface area (Å²) in [6.45, 7) is 0. The largest absolute Gasteiger partial charge is 0.481 e. The first-order valence-electron chi connectivity index (χ1n) is 6.80. The molecule has 2 N–H and O–H groups in total. The Morgan fingerprint density at radius 1 is 1.32 bits per heavy atom. The van der Waals surface area contributed by atoms with E-state index in [1.807, 2.05) is 11.4 Å². The number of rotatable bonds is 5. The Balaban J connectivity index is 1.64. The molecule has 2 heterocycles. The van der Waals surface area contributed by atoms with Gasteiger partial charge in [0.2, 0.25) is 11.8 Å². The fourth-order valence-corrected chi connectivity index (χ4v) is 2.67. The molecule has 2 amide bonds. The van der Waals surface area contributed by atoms with E-state index in [-0.39, 0.29) is 11.8 Å². The van der Waals surface area contributed by atoms with Crippen LogP contribution < -0.4 is 15.4 Å². The minimum atomic E-state index is -0.805. The van der Waals surface area contributed by atoms with Crippen molar-refractivity contribution in [3.05, 3.63) is 40.7 Å². The van der Waals surface area contributed by atoms with Gasteiger partial charge in [0.1, 0.15) is 5.54 Å². The lowest BCUT2D eigenvalue weighted by molar-refractivity contribution is -0.118. The molecule has 114 valence electrons. The zero-order valence-corrected chi connectivity index (χ0v) is 12.8. The molecule has 0 aromatic carbocycles. The Labute approximate surface area is 131 Å². The molecule has 0 bridgehead atoms. The van der Waals surface area contributed by atoms with Crippen molar-refractivity contribution < 1.29 is 14.3 Å². The number of methoxy groups -OCH3 is 1. The van der Waals surface area contributed by atoms with Crippen molar-refractivity contribution in [3.63, 3.8) is 0 Å². The van der Waals surface area contributed by atoms with Gasteiger partial charge in [0.25, 0.3) is 5.91 Å². The van der Waals surface area contributed by atoms with E-state index in [1.54, 1.807) is 18.2 Å². The van der Waals surface area contributed by atoms with Crippen molar-refractivity contribution in [1.29, 1.82) is 0 Å². The van der Waals surface area contributed by atoms with Gasteiger partial charge in [0.15, 0.2) is 0 Å². The minimum absolute atomic E-state index is 0.212. The molecular formula is C15H15N3O3S. The highest BCUT2D eigenvalue weighted by molar-refractivity contribution is 7.12. The third-order valence-electron chi connectivity index (χ3n) is 3.49. The molecule has 1 aliphatic carbocycles. The first-order chi connectivity index (χ1) is 10.6. The zero-order chi connectivity index (χ0) is 15.6. The maximum atomic E-state index is 12.4. The number of nitrogens with one attached hydrogen (secondary N) is 2. The number of hydrogen-bond donors (Lipinski definition) is 2. The quantitative estimate of drug-likeness (QED) is 0.884. The summed E-state index contributed by atoms with van der Waals surface area (Å²) in [5, 5.41) is 7.44. The van der Waals surface area contributed by atoms with Gasteiger partial charge in [-0.25, -0.2) is 4.98 Å². The molecule has 2 aromatic heterocycles. The molecule has 0 atom stereocenters. The molecule has 1 saturated carbocycles. The highest BCUT2D eigenvalue weighted by Crippen LogP contribution is 2.37. The first-order valence-corrected chi connectivity index (χ1v) is 7.68. The summed E-state index contributed by atoms with van der Waals surface area (Å²) in [4.78, 5) is 29.1. The molecule has 0 aliphatic heterocycles. The van der Waals surface area contributed by atoms with Gasteiger partial charge in [0.05, 0.1) is 23.9 Å². The van der Waals surface area contributed by atoms with Gasteiger partial charge >= 0.3 is 0 Å². The third-order valence-corrected chi connectivity index (χ3v) is 4.35. The van der Waals surface area contributed by atoms with E-state index < -0.39 is 5.54 Å². The van der Waals surface area contributed by atoms with Crippen LogP contribution in [-0.4, -0.2) is 29.4 Å². The Hall–Kier alpha value is -2.41. The van der Waals surface area contributed by atoms with E-state index in [4.69, 9.17) is 4.74 Å². The normalized spacial score (nSPS) is 15.0. The van der Waals surface area contributed by atoms with Crippen LogP contribution in [0.2, 0.25) is 0 Å². The summed E-state index contributed by atoms with van der Waals surface area (Å²) in [5.74, 6) is 0.0463. The first kappa shape index (κ1) is 14.5. The van der Waals surface area contributed by atoms with E-state index in [9.17, 15) is 9.59 Å². The number of carbonyl (C=O) groups excluding carboxylic acids is 2. The van der Waals surface area contributed by atoms with E-state index in [2.05, 4.69) is 15.6 Å². The number of aromatic nitrogens is 1. The van der Waals surface area contributed by atoms with Crippen LogP contribution in [0.3, 0.4) is 0 Å². The lowest BCUT2D eigenvalue weighted by atomic mass is 10.2. The minimum Gasteiger partial charge on any atom is -0.481 e. The summed E-state index contributed by atoms with van der Waals surface area (Å²) in [5.41, 5.74) is -0.233. The summed E-state index contributed by atoms with van der Waals surface area (Å²) < 4.78 is 4.97. The third kappa shape index (κ3) is 2.94. The van der Waals surface area contributed by atoms with Crippen molar-refractivity contribution in [1.82, 2.24) is 10.3 Å². The Bertz CT molecular complexity index is 679. The molecule has 6 nitrogen and oxygen atoms in total. The highest BCUT2D eigenvalue weighted by atomic mass is 32.1. The lowest BCUT2D eigenvalue weighted by Gasteiger charge is -2.16. The predicted octanol–water partition coefficient (Wildman–Crippen LogP) is 2.05. The molecular weight excluding hydrogens is 302 g/mol. The van der Waals surface area contributed by atoms with Crippen LogP contribution in [0, 0.1) is 0 Å². The number of anilines is 1. The Morgan fingerprint density at radius 2 is 2.14 bits per heavy atom. The molecule has 22 heavy (non-hydrogen) atoms. The van der Waals surface area contributed by atoms with Crippen molar-refractivity contribution in [2.45, 2.75) is 18.4 Å². The van der Waals surface area contributed by atoms with E-state index in [0.29, 0.717) is 29.3 Å². The van der Waals surface area contributed by atoms with Gasteiger partial charge < -0.3 is 15.4 Å². The topological polar surface area (TPSA) is 80.3 Å². The van der Waals surface area contributed by atoms with Crippen LogP contribution in [0.4, 0.5) is 5.69 Å². The summed E-state index contributed by atoms with van der Waals surface area (Å²) in [6, 6.07) is 6.92. The SMILES string of the molecule is COc1ccc(NC(=O)C2(NC(=O)c3cccs3)CC2)cn1. The van der Waals surface area contributed by atoms with Gasteiger partial charge in [-0.3, -0.25) is 9.59 Å². The fraction of sp³-hybridized carbons (Fsp3) is 0.267. The average Bonchev–Trinajstić information content (AvgIpc) is 3.11. The standard InChI is InChI=1S/C15H15N3O3S/c1-21-12-5-4-10(9-16-12)17-14(20)15(6-7-15)18-13(19)11-3-2-8-22-11/h2-5,8-9H,6-7H2,1H3,(H,17,20)(H,18,19). The van der Waals surface area contributed by atoms with Gasteiger partial charge in [-0.2, -0.15) is 0 Å². The Kier molecular flexibility index (Phi) is 3.81. The smallest absolute Gasteiger partial charge is 0.262 e. The second-order valence-corrected chi connectivity index (χ2v) is 6.00. The van der Waals surface area contributed by atoms with E-state index >= 15 is 0 Å². The molecule has 7 heteroatoms. The van der Waals surface area contributed by atoms with Crippen molar-refractivity contribution in [2.75, 3.05) is 12.4 Å². The second-order valence-electron chi connectivity index (χ2n) is 5.06. The van der Waals surface area contributed by atoms with Crippen LogP contribution in [0.5, 0.6) is 5.88 Å². The van der Waals surface area contributed by atoms with Crippen LogP contribution in [0.1, 0.15) is 22.5 Å². The lowest BCUT2D eigenvalue weighted by Crippen LogP contribution is -2.45. The van der Waals surface area contributed by atoms with Gasteiger partial charge in [-0.15, -0.1) is 11.3 Å². The van der Waals surface area contributed by atoms with Crippen molar-refractivity contribution >= 4 is 28.8 Å². The molecule has 0 spiro atoms. The molecule has 2 aromatic rings.